The van der Waals surface area contributed by atoms with E-state index in [-0.39, 0.29) is 19.1 Å². The summed E-state index contributed by atoms with van der Waals surface area (Å²) in [6.07, 6.45) is 5.32. The van der Waals surface area contributed by atoms with E-state index in [2.05, 4.69) is 38.7 Å². The highest BCUT2D eigenvalue weighted by molar-refractivity contribution is 6.83. The van der Waals surface area contributed by atoms with Gasteiger partial charge in [-0.15, -0.1) is 0 Å². The van der Waals surface area contributed by atoms with E-state index in [1.165, 1.54) is 10.8 Å². The minimum absolute atomic E-state index is 0.150. The number of ether oxygens (including phenoxy) is 2. The molecule has 2 rings (SSSR count). The molecule has 24 heavy (non-hydrogen) atoms. The van der Waals surface area contributed by atoms with Crippen LogP contribution in [0.1, 0.15) is 33.6 Å². The maximum absolute atomic E-state index is 12.7. The van der Waals surface area contributed by atoms with Crippen molar-refractivity contribution in [3.8, 4) is 0 Å². The molecule has 0 aliphatic heterocycles. The van der Waals surface area contributed by atoms with E-state index < -0.39 is 25.4 Å². The summed E-state index contributed by atoms with van der Waals surface area (Å²) in [5.41, 5.74) is 0.107. The van der Waals surface area contributed by atoms with E-state index in [4.69, 9.17) is 9.47 Å². The molecule has 0 N–H and O–H groups in total. The summed E-state index contributed by atoms with van der Waals surface area (Å²) >= 11 is 0. The Morgan fingerprint density at radius 1 is 1.12 bits per heavy atom. The van der Waals surface area contributed by atoms with E-state index in [9.17, 15) is 9.59 Å². The maximum Gasteiger partial charge on any atom is 0.323 e. The molecule has 0 radical (unpaired) electrons. The molecule has 1 saturated carbocycles. The van der Waals surface area contributed by atoms with Gasteiger partial charge in [0.2, 0.25) is 0 Å². The third-order valence-corrected chi connectivity index (χ3v) is 7.47. The number of hydrogen-bond acceptors (Lipinski definition) is 4. The summed E-state index contributed by atoms with van der Waals surface area (Å²) in [4.78, 5) is 25.4. The molecule has 0 aromatic heterocycles. The Morgan fingerprint density at radius 2 is 1.67 bits per heavy atom. The molecule has 0 bridgehead atoms. The molecule has 134 valence electrons. The van der Waals surface area contributed by atoms with Crippen LogP contribution >= 0.6 is 0 Å². The lowest BCUT2D eigenvalue weighted by Crippen LogP contribution is -2.40. The number of carbonyl (C=O) groups is 2. The first-order chi connectivity index (χ1) is 11.2. The second-order valence-corrected chi connectivity index (χ2v) is 12.9. The fourth-order valence-corrected chi connectivity index (χ4v) is 6.99. The topological polar surface area (TPSA) is 52.6 Å². The van der Waals surface area contributed by atoms with Gasteiger partial charge in [-0.2, -0.15) is 0 Å². The molecule has 0 spiro atoms. The summed E-state index contributed by atoms with van der Waals surface area (Å²) in [5.74, 6) is -0.331. The number of rotatable bonds is 5. The molecular weight excluding hydrogens is 320 g/mol. The van der Waals surface area contributed by atoms with Crippen LogP contribution in [-0.2, 0) is 19.1 Å². The largest absolute Gasteiger partial charge is 0.465 e. The van der Waals surface area contributed by atoms with Gasteiger partial charge in [0.25, 0.3) is 0 Å². The van der Waals surface area contributed by atoms with Crippen molar-refractivity contribution in [1.29, 1.82) is 0 Å². The molecule has 2 aliphatic rings. The Kier molecular flexibility index (Phi) is 5.43. The van der Waals surface area contributed by atoms with Crippen molar-refractivity contribution < 1.29 is 19.1 Å². The predicted octanol–water partition coefficient (Wildman–Crippen LogP) is 3.89. The minimum Gasteiger partial charge on any atom is -0.465 e. The van der Waals surface area contributed by atoms with Crippen molar-refractivity contribution in [2.45, 2.75) is 53.3 Å². The lowest BCUT2D eigenvalue weighted by atomic mass is 9.85. The molecule has 0 amide bonds. The summed E-state index contributed by atoms with van der Waals surface area (Å²) in [6.45, 7) is 13.3. The Bertz CT molecular complexity index is 565. The van der Waals surface area contributed by atoms with Crippen molar-refractivity contribution in [3.63, 3.8) is 0 Å². The molecule has 0 saturated heterocycles. The fourth-order valence-electron chi connectivity index (χ4n) is 4.29. The van der Waals surface area contributed by atoms with E-state index in [0.29, 0.717) is 18.8 Å². The average molecular weight is 351 g/mol. The zero-order valence-electron chi connectivity index (χ0n) is 15.8. The van der Waals surface area contributed by atoms with E-state index in [0.717, 1.165) is 0 Å². The fraction of sp³-hybridized carbons (Fsp3) is 0.684. The standard InChI is InChI=1S/C19H30O4Si/c1-7-22-17(20)19(18(21)23-8-2)11-14-10-9-13(3)16(15(14)12-19)24(4,5)6/h9-10,13-14H,7-8,11-12H2,1-6H3/t13-,14-/m1/s1. The smallest absolute Gasteiger partial charge is 0.323 e. The van der Waals surface area contributed by atoms with Gasteiger partial charge in [0.1, 0.15) is 0 Å². The van der Waals surface area contributed by atoms with E-state index in [1.807, 2.05) is 0 Å². The third-order valence-electron chi connectivity index (χ3n) is 5.08. The zero-order valence-corrected chi connectivity index (χ0v) is 16.8. The Hall–Kier alpha value is -1.36. The number of fused-ring (bicyclic) bond motifs is 1. The van der Waals surface area contributed by atoms with Gasteiger partial charge < -0.3 is 9.47 Å². The van der Waals surface area contributed by atoms with Crippen molar-refractivity contribution in [1.82, 2.24) is 0 Å². The van der Waals surface area contributed by atoms with Crippen molar-refractivity contribution in [2.75, 3.05) is 13.2 Å². The Labute approximate surface area is 146 Å². The number of carbonyl (C=O) groups excluding carboxylic acids is 2. The van der Waals surface area contributed by atoms with Gasteiger partial charge in [0.05, 0.1) is 21.3 Å². The molecule has 0 aromatic rings. The maximum atomic E-state index is 12.7. The average Bonchev–Trinajstić information content (AvgIpc) is 2.86. The highest BCUT2D eigenvalue weighted by atomic mass is 28.3. The van der Waals surface area contributed by atoms with Crippen LogP contribution in [0.15, 0.2) is 22.9 Å². The van der Waals surface area contributed by atoms with Gasteiger partial charge in [-0.05, 0) is 38.5 Å². The van der Waals surface area contributed by atoms with Crippen molar-refractivity contribution in [2.24, 2.45) is 17.3 Å². The van der Waals surface area contributed by atoms with Gasteiger partial charge in [-0.3, -0.25) is 9.59 Å². The lowest BCUT2D eigenvalue weighted by Gasteiger charge is -2.32. The van der Waals surface area contributed by atoms with Gasteiger partial charge in [0.15, 0.2) is 5.41 Å². The predicted molar refractivity (Wildman–Crippen MR) is 97.1 cm³/mol. The molecule has 0 unspecified atom stereocenters. The quantitative estimate of drug-likeness (QED) is 0.327. The molecular formula is C19H30O4Si. The molecule has 2 aliphatic carbocycles. The highest BCUT2D eigenvalue weighted by Crippen LogP contribution is 2.52. The summed E-state index contributed by atoms with van der Waals surface area (Å²) in [6, 6.07) is 0. The SMILES string of the molecule is CCOC(=O)C1(C(=O)OCC)CC2=C([Si](C)(C)C)[C@H](C)C=C[C@@H]2C1. The van der Waals surface area contributed by atoms with E-state index >= 15 is 0 Å². The van der Waals surface area contributed by atoms with Crippen LogP contribution in [0.2, 0.25) is 19.6 Å². The number of esters is 2. The zero-order chi connectivity index (χ0) is 18.1. The minimum atomic E-state index is -1.55. The monoisotopic (exact) mass is 350 g/mol. The van der Waals surface area contributed by atoms with Crippen LogP contribution in [-0.4, -0.2) is 33.2 Å². The van der Waals surface area contributed by atoms with Crippen molar-refractivity contribution in [3.05, 3.63) is 22.9 Å². The second kappa shape index (κ2) is 6.87. The first-order valence-electron chi connectivity index (χ1n) is 8.93. The Balaban J connectivity index is 2.51. The first-order valence-corrected chi connectivity index (χ1v) is 12.4. The molecule has 4 nitrogen and oxygen atoms in total. The molecule has 2 atom stereocenters. The van der Waals surface area contributed by atoms with Gasteiger partial charge in [-0.1, -0.05) is 49.5 Å². The normalized spacial score (nSPS) is 25.4. The van der Waals surface area contributed by atoms with Gasteiger partial charge >= 0.3 is 11.9 Å². The van der Waals surface area contributed by atoms with E-state index in [1.54, 1.807) is 13.8 Å². The lowest BCUT2D eigenvalue weighted by molar-refractivity contribution is -0.171. The van der Waals surface area contributed by atoms with Crippen LogP contribution in [0.5, 0.6) is 0 Å². The molecule has 0 aromatic carbocycles. The summed E-state index contributed by atoms with van der Waals surface area (Å²) < 4.78 is 10.6. The van der Waals surface area contributed by atoms with Crippen LogP contribution < -0.4 is 0 Å². The number of hydrogen-bond donors (Lipinski definition) is 0. The van der Waals surface area contributed by atoms with Crippen LogP contribution in [0.25, 0.3) is 0 Å². The third kappa shape index (κ3) is 3.23. The highest BCUT2D eigenvalue weighted by Gasteiger charge is 2.56. The van der Waals surface area contributed by atoms with Crippen LogP contribution in [0.3, 0.4) is 0 Å². The summed E-state index contributed by atoms with van der Waals surface area (Å²) in [5, 5.41) is 1.48. The second-order valence-electron chi connectivity index (χ2n) is 7.87. The summed E-state index contributed by atoms with van der Waals surface area (Å²) in [7, 11) is -1.55. The van der Waals surface area contributed by atoms with Gasteiger partial charge in [-0.25, -0.2) is 0 Å². The van der Waals surface area contributed by atoms with Crippen molar-refractivity contribution >= 4 is 20.0 Å². The molecule has 5 heteroatoms. The Morgan fingerprint density at radius 3 is 2.12 bits per heavy atom. The molecule has 0 heterocycles. The first kappa shape index (κ1) is 19.0. The molecule has 1 fully saturated rings. The van der Waals surface area contributed by atoms with Crippen LogP contribution in [0, 0.1) is 17.3 Å². The number of allylic oxidation sites excluding steroid dienone is 4. The van der Waals surface area contributed by atoms with Gasteiger partial charge in [0, 0.05) is 0 Å². The van der Waals surface area contributed by atoms with Crippen LogP contribution in [0.4, 0.5) is 0 Å².